The molecule has 21 heavy (non-hydrogen) atoms. The van der Waals surface area contributed by atoms with Gasteiger partial charge >= 0.3 is 0 Å². The Morgan fingerprint density at radius 1 is 1.19 bits per heavy atom. The van der Waals surface area contributed by atoms with Gasteiger partial charge in [0.25, 0.3) is 0 Å². The molecule has 0 aliphatic heterocycles. The molecular formula is C17H20BrClN2. The van der Waals surface area contributed by atoms with E-state index >= 15 is 0 Å². The summed E-state index contributed by atoms with van der Waals surface area (Å²) in [5.41, 5.74) is 3.75. The topological polar surface area (TPSA) is 15.3 Å². The number of nitrogens with one attached hydrogen (secondary N) is 1. The fraction of sp³-hybridized carbons (Fsp3) is 0.294. The van der Waals surface area contributed by atoms with E-state index in [1.54, 1.807) is 0 Å². The molecule has 0 aromatic heterocycles. The van der Waals surface area contributed by atoms with Gasteiger partial charge in [-0.05, 0) is 49.4 Å². The van der Waals surface area contributed by atoms with Gasteiger partial charge in [0.15, 0.2) is 0 Å². The second-order valence-corrected chi connectivity index (χ2v) is 6.55. The fourth-order valence-corrected chi connectivity index (χ4v) is 2.79. The van der Waals surface area contributed by atoms with Crippen LogP contribution >= 0.6 is 27.5 Å². The normalized spacial score (nSPS) is 12.2. The molecule has 2 aromatic rings. The van der Waals surface area contributed by atoms with E-state index in [4.69, 9.17) is 11.6 Å². The highest BCUT2D eigenvalue weighted by Crippen LogP contribution is 2.30. The second-order valence-electron chi connectivity index (χ2n) is 5.20. The first-order valence-electron chi connectivity index (χ1n) is 6.93. The third-order valence-electron chi connectivity index (χ3n) is 3.64. The largest absolute Gasteiger partial charge is 0.370 e. The molecule has 0 radical (unpaired) electrons. The van der Waals surface area contributed by atoms with Gasteiger partial charge in [0.2, 0.25) is 0 Å². The van der Waals surface area contributed by atoms with Gasteiger partial charge in [-0.25, -0.2) is 0 Å². The zero-order valence-electron chi connectivity index (χ0n) is 12.5. The van der Waals surface area contributed by atoms with Crippen LogP contribution in [0, 0.1) is 0 Å². The maximum absolute atomic E-state index is 5.94. The van der Waals surface area contributed by atoms with Crippen molar-refractivity contribution >= 4 is 33.2 Å². The zero-order valence-corrected chi connectivity index (χ0v) is 14.9. The van der Waals surface area contributed by atoms with Crippen LogP contribution in [0.3, 0.4) is 0 Å². The highest BCUT2D eigenvalue weighted by atomic mass is 79.9. The number of anilines is 1. The SMILES string of the molecule is CNC(C)c1ccc(Br)cc1N(C)Cc1ccc(Cl)cc1. The molecule has 0 saturated heterocycles. The van der Waals surface area contributed by atoms with E-state index in [2.05, 4.69) is 70.4 Å². The van der Waals surface area contributed by atoms with Crippen molar-refractivity contribution in [3.8, 4) is 0 Å². The van der Waals surface area contributed by atoms with Gasteiger partial charge in [-0.1, -0.05) is 45.7 Å². The van der Waals surface area contributed by atoms with Crippen LogP contribution in [0.25, 0.3) is 0 Å². The molecular weight excluding hydrogens is 348 g/mol. The summed E-state index contributed by atoms with van der Waals surface area (Å²) in [6.45, 7) is 3.01. The molecule has 0 bridgehead atoms. The van der Waals surface area contributed by atoms with Crippen LogP contribution in [0.4, 0.5) is 5.69 Å². The molecule has 4 heteroatoms. The summed E-state index contributed by atoms with van der Waals surface area (Å²) in [7, 11) is 4.10. The molecule has 0 heterocycles. The zero-order chi connectivity index (χ0) is 15.4. The third-order valence-corrected chi connectivity index (χ3v) is 4.38. The van der Waals surface area contributed by atoms with Gasteiger partial charge in [0.05, 0.1) is 0 Å². The van der Waals surface area contributed by atoms with Crippen LogP contribution in [0.2, 0.25) is 5.02 Å². The maximum atomic E-state index is 5.94. The van der Waals surface area contributed by atoms with Crippen LogP contribution < -0.4 is 10.2 Å². The van der Waals surface area contributed by atoms with Crippen molar-refractivity contribution in [1.29, 1.82) is 0 Å². The van der Waals surface area contributed by atoms with Crippen LogP contribution in [0.1, 0.15) is 24.1 Å². The molecule has 0 aliphatic rings. The number of halogens is 2. The Morgan fingerprint density at radius 2 is 1.86 bits per heavy atom. The van der Waals surface area contributed by atoms with Gasteiger partial charge in [-0.15, -0.1) is 0 Å². The van der Waals surface area contributed by atoms with Crippen LogP contribution in [0.15, 0.2) is 46.9 Å². The van der Waals surface area contributed by atoms with Crippen molar-refractivity contribution in [3.05, 3.63) is 63.1 Å². The number of rotatable bonds is 5. The monoisotopic (exact) mass is 366 g/mol. The van der Waals surface area contributed by atoms with Crippen molar-refractivity contribution in [2.75, 3.05) is 19.0 Å². The maximum Gasteiger partial charge on any atom is 0.0426 e. The van der Waals surface area contributed by atoms with Crippen LogP contribution in [-0.4, -0.2) is 14.1 Å². The van der Waals surface area contributed by atoms with E-state index < -0.39 is 0 Å². The summed E-state index contributed by atoms with van der Waals surface area (Å²) in [5.74, 6) is 0. The molecule has 0 saturated carbocycles. The van der Waals surface area contributed by atoms with Gasteiger partial charge < -0.3 is 10.2 Å². The Hall–Kier alpha value is -1.03. The first-order chi connectivity index (χ1) is 10.0. The van der Waals surface area contributed by atoms with E-state index in [9.17, 15) is 0 Å². The fourth-order valence-electron chi connectivity index (χ4n) is 2.32. The van der Waals surface area contributed by atoms with Crippen molar-refractivity contribution in [3.63, 3.8) is 0 Å². The lowest BCUT2D eigenvalue weighted by Crippen LogP contribution is -2.21. The lowest BCUT2D eigenvalue weighted by molar-refractivity contribution is 0.649. The highest BCUT2D eigenvalue weighted by Gasteiger charge is 2.13. The summed E-state index contributed by atoms with van der Waals surface area (Å²) in [5, 5.41) is 4.08. The van der Waals surface area contributed by atoms with Gasteiger partial charge in [0.1, 0.15) is 0 Å². The average Bonchev–Trinajstić information content (AvgIpc) is 2.48. The Morgan fingerprint density at radius 3 is 2.48 bits per heavy atom. The smallest absolute Gasteiger partial charge is 0.0426 e. The second kappa shape index (κ2) is 7.30. The average molecular weight is 368 g/mol. The molecule has 2 aromatic carbocycles. The summed E-state index contributed by atoms with van der Waals surface area (Å²) in [6, 6.07) is 14.7. The number of hydrogen-bond donors (Lipinski definition) is 1. The quantitative estimate of drug-likeness (QED) is 0.798. The standard InChI is InChI=1S/C17H20BrClN2/c1-12(20-2)16-9-6-14(18)10-17(16)21(3)11-13-4-7-15(19)8-5-13/h4-10,12,20H,11H2,1-3H3. The molecule has 1 unspecified atom stereocenters. The first kappa shape index (κ1) is 16.3. The molecule has 0 aliphatic carbocycles. The van der Waals surface area contributed by atoms with Crippen molar-refractivity contribution < 1.29 is 0 Å². The van der Waals surface area contributed by atoms with E-state index in [1.807, 2.05) is 19.2 Å². The Balaban J connectivity index is 2.27. The van der Waals surface area contributed by atoms with Crippen LogP contribution in [-0.2, 0) is 6.54 Å². The van der Waals surface area contributed by atoms with Crippen LogP contribution in [0.5, 0.6) is 0 Å². The molecule has 0 spiro atoms. The summed E-state index contributed by atoms with van der Waals surface area (Å²) < 4.78 is 1.09. The minimum absolute atomic E-state index is 0.306. The van der Waals surface area contributed by atoms with Gasteiger partial charge in [-0.3, -0.25) is 0 Å². The third kappa shape index (κ3) is 4.22. The van der Waals surface area contributed by atoms with E-state index in [0.29, 0.717) is 6.04 Å². The molecule has 0 fully saturated rings. The summed E-state index contributed by atoms with van der Waals surface area (Å²) >= 11 is 9.51. The molecule has 2 rings (SSSR count). The van der Waals surface area contributed by atoms with E-state index in [0.717, 1.165) is 16.0 Å². The molecule has 112 valence electrons. The highest BCUT2D eigenvalue weighted by molar-refractivity contribution is 9.10. The van der Waals surface area contributed by atoms with E-state index in [-0.39, 0.29) is 0 Å². The Kier molecular flexibility index (Phi) is 5.68. The number of benzene rings is 2. The van der Waals surface area contributed by atoms with E-state index in [1.165, 1.54) is 16.8 Å². The van der Waals surface area contributed by atoms with Gasteiger partial charge in [0, 0.05) is 34.8 Å². The number of hydrogen-bond acceptors (Lipinski definition) is 2. The molecule has 2 nitrogen and oxygen atoms in total. The van der Waals surface area contributed by atoms with Gasteiger partial charge in [-0.2, -0.15) is 0 Å². The van der Waals surface area contributed by atoms with Crippen molar-refractivity contribution in [2.45, 2.75) is 19.5 Å². The number of nitrogens with zero attached hydrogens (tertiary/aromatic N) is 1. The predicted molar refractivity (Wildman–Crippen MR) is 95.2 cm³/mol. The molecule has 1 atom stereocenters. The minimum Gasteiger partial charge on any atom is -0.370 e. The first-order valence-corrected chi connectivity index (χ1v) is 8.10. The lowest BCUT2D eigenvalue weighted by atomic mass is 10.0. The minimum atomic E-state index is 0.306. The Bertz CT molecular complexity index is 598. The Labute approximate surface area is 140 Å². The lowest BCUT2D eigenvalue weighted by Gasteiger charge is -2.25. The molecule has 0 amide bonds. The van der Waals surface area contributed by atoms with Crippen molar-refractivity contribution in [1.82, 2.24) is 5.32 Å². The summed E-state index contributed by atoms with van der Waals surface area (Å²) in [4.78, 5) is 2.26. The summed E-state index contributed by atoms with van der Waals surface area (Å²) in [6.07, 6.45) is 0. The van der Waals surface area contributed by atoms with Crippen molar-refractivity contribution in [2.24, 2.45) is 0 Å². The predicted octanol–water partition coefficient (Wildman–Crippen LogP) is 5.02. The molecule has 1 N–H and O–H groups in total.